The van der Waals surface area contributed by atoms with E-state index >= 15 is 0 Å². The van der Waals surface area contributed by atoms with Gasteiger partial charge in [0.1, 0.15) is 23.1 Å². The van der Waals surface area contributed by atoms with Crippen molar-refractivity contribution in [3.63, 3.8) is 0 Å². The summed E-state index contributed by atoms with van der Waals surface area (Å²) in [4.78, 5) is 212. The first-order valence-electron chi connectivity index (χ1n) is 37.3. The summed E-state index contributed by atoms with van der Waals surface area (Å²) >= 11 is 0. The van der Waals surface area contributed by atoms with E-state index in [1.165, 1.54) is 19.4 Å². The first-order chi connectivity index (χ1) is 52.9. The lowest BCUT2D eigenvalue weighted by molar-refractivity contribution is -0.180. The zero-order chi connectivity index (χ0) is 84.0. The molecule has 8 saturated heterocycles. The van der Waals surface area contributed by atoms with Crippen LogP contribution in [-0.4, -0.2) is 215 Å². The Morgan fingerprint density at radius 3 is 1.02 bits per heavy atom. The molecule has 2 saturated carbocycles. The SMILES string of the molecule is C=C(CN)C(=O)O.C=C(CNC(=O)C1CC(C2C(=O)OC(=O)C2C)OC(CC)C1C(=O)O)C(=O)O.C=COCCCN.C=COCCCNC(=O)C1CC(C2C(=O)OC(=O)C2C)OC(CC)C1C(=O)O.CCC1OC(C2C(=O)OC(=O)C2C)CC2C(=O)CC(=O)C12.CCC1OC(C2C(=O)OC(=O)C2C)CC2C(=O)CC(=O)C12. The van der Waals surface area contributed by atoms with Crippen LogP contribution in [0.3, 0.4) is 0 Å². The molecular weight excluding hydrogens is 1480 g/mol. The molecule has 2 amide bonds. The highest BCUT2D eigenvalue weighted by atomic mass is 16.6. The Kier molecular flexibility index (Phi) is 35.6. The molecule has 10 rings (SSSR count). The molecule has 8 heterocycles. The average molecular weight is 1590 g/mol. The van der Waals surface area contributed by atoms with Crippen molar-refractivity contribution < 1.29 is 154 Å². The number of amides is 2. The van der Waals surface area contributed by atoms with Gasteiger partial charge in [0.2, 0.25) is 11.8 Å². The largest absolute Gasteiger partial charge is 0.502 e. The Morgan fingerprint density at radius 1 is 0.438 bits per heavy atom. The van der Waals surface area contributed by atoms with Crippen molar-refractivity contribution in [3.8, 4) is 0 Å². The van der Waals surface area contributed by atoms with Crippen molar-refractivity contribution in [1.29, 1.82) is 0 Å². The quantitative estimate of drug-likeness (QED) is 0.0154. The third-order valence-electron chi connectivity index (χ3n) is 21.7. The van der Waals surface area contributed by atoms with Gasteiger partial charge in [0.15, 0.2) is 0 Å². The Labute approximate surface area is 645 Å². The highest BCUT2D eigenvalue weighted by molar-refractivity contribution is 6.10. The van der Waals surface area contributed by atoms with Crippen LogP contribution in [0, 0.1) is 94.7 Å². The minimum atomic E-state index is -1.28. The number of nitrogens with one attached hydrogen (secondary N) is 2. The number of carbonyl (C=O) groups is 18. The van der Waals surface area contributed by atoms with Gasteiger partial charge in [-0.2, -0.15) is 0 Å². The van der Waals surface area contributed by atoms with Gasteiger partial charge in [0.25, 0.3) is 0 Å². The highest BCUT2D eigenvalue weighted by Gasteiger charge is 2.60. The predicted molar refractivity (Wildman–Crippen MR) is 381 cm³/mol. The molecule has 8 aliphatic heterocycles. The topological polar surface area (TPSA) is 557 Å². The maximum atomic E-state index is 12.7. The van der Waals surface area contributed by atoms with Crippen LogP contribution < -0.4 is 22.1 Å². The minimum absolute atomic E-state index is 0.0231. The Morgan fingerprint density at radius 2 is 0.750 bits per heavy atom. The lowest BCUT2D eigenvalue weighted by atomic mass is 9.75. The van der Waals surface area contributed by atoms with Crippen LogP contribution >= 0.6 is 0 Å². The molecule has 112 heavy (non-hydrogen) atoms. The lowest BCUT2D eigenvalue weighted by Gasteiger charge is -2.40. The molecule has 2 aliphatic carbocycles. The summed E-state index contributed by atoms with van der Waals surface area (Å²) in [5.74, 6) is -22.4. The van der Waals surface area contributed by atoms with E-state index in [4.69, 9.17) is 50.1 Å². The third kappa shape index (κ3) is 22.8. The summed E-state index contributed by atoms with van der Waals surface area (Å²) in [6.07, 6.45) is 1.49. The van der Waals surface area contributed by atoms with Gasteiger partial charge in [-0.25, -0.2) is 9.59 Å². The maximum absolute atomic E-state index is 12.7. The van der Waals surface area contributed by atoms with Crippen molar-refractivity contribution in [3.05, 3.63) is 50.0 Å². The second-order valence-corrected chi connectivity index (χ2v) is 28.7. The van der Waals surface area contributed by atoms with E-state index in [0.717, 1.165) is 6.42 Å². The van der Waals surface area contributed by atoms with E-state index < -0.39 is 191 Å². The number of esters is 8. The van der Waals surface area contributed by atoms with Crippen molar-refractivity contribution in [2.45, 2.75) is 181 Å². The summed E-state index contributed by atoms with van der Waals surface area (Å²) in [6.45, 7) is 28.6. The van der Waals surface area contributed by atoms with Crippen molar-refractivity contribution in [1.82, 2.24) is 10.6 Å². The fourth-order valence-corrected chi connectivity index (χ4v) is 15.6. The number of carboxylic acids is 4. The molecule has 0 aromatic heterocycles. The summed E-state index contributed by atoms with van der Waals surface area (Å²) in [5.41, 5.74) is 9.83. The summed E-state index contributed by atoms with van der Waals surface area (Å²) in [6, 6.07) is 0. The van der Waals surface area contributed by atoms with E-state index in [-0.39, 0.29) is 115 Å². The molecular formula is C76H104N4O32. The molecule has 36 heteroatoms. The van der Waals surface area contributed by atoms with Gasteiger partial charge in [0, 0.05) is 42.6 Å². The number of hydrogen-bond donors (Lipinski definition) is 8. The van der Waals surface area contributed by atoms with Crippen molar-refractivity contribution >= 4 is 107 Å². The van der Waals surface area contributed by atoms with Crippen LogP contribution in [0.25, 0.3) is 0 Å². The molecule has 24 unspecified atom stereocenters. The number of hydrogen-bond acceptors (Lipinski definition) is 30. The van der Waals surface area contributed by atoms with Gasteiger partial charge in [-0.3, -0.25) is 76.7 Å². The molecule has 0 aromatic rings. The average Bonchev–Trinajstić information content (AvgIpc) is 1.72. The molecule has 0 aromatic carbocycles. The van der Waals surface area contributed by atoms with E-state index in [1.54, 1.807) is 34.6 Å². The number of nitrogens with two attached hydrogens (primary N) is 2. The zero-order valence-electron chi connectivity index (χ0n) is 63.9. The molecule has 0 bridgehead atoms. The second-order valence-electron chi connectivity index (χ2n) is 28.7. The molecule has 10 aliphatic rings. The first kappa shape index (κ1) is 93.0. The highest BCUT2D eigenvalue weighted by Crippen LogP contribution is 2.47. The van der Waals surface area contributed by atoms with Crippen molar-refractivity contribution in [2.24, 2.45) is 106 Å². The number of carbonyl (C=O) groups excluding carboxylic acids is 14. The minimum Gasteiger partial charge on any atom is -0.502 e. The smallest absolute Gasteiger partial charge is 0.332 e. The summed E-state index contributed by atoms with van der Waals surface area (Å²) in [7, 11) is 0. The van der Waals surface area contributed by atoms with E-state index in [9.17, 15) is 96.5 Å². The number of cyclic esters (lactones) is 8. The molecule has 10 N–H and O–H groups in total. The Balaban J connectivity index is 0.000000253. The van der Waals surface area contributed by atoms with Crippen LogP contribution in [0.15, 0.2) is 50.0 Å². The van der Waals surface area contributed by atoms with E-state index in [1.807, 2.05) is 13.8 Å². The van der Waals surface area contributed by atoms with Crippen molar-refractivity contribution in [2.75, 3.05) is 39.4 Å². The third-order valence-corrected chi connectivity index (χ3v) is 21.7. The number of Topliss-reactive ketones (excluding diaryl/α,β-unsaturated/α-hetero) is 4. The summed E-state index contributed by atoms with van der Waals surface area (Å²) in [5, 5.41) is 41.2. The molecule has 620 valence electrons. The zero-order valence-corrected chi connectivity index (χ0v) is 63.9. The fraction of sp³-hybridized carbons (Fsp3) is 0.658. The number of aliphatic carboxylic acids is 4. The van der Waals surface area contributed by atoms with Gasteiger partial charge in [0.05, 0.1) is 170 Å². The van der Waals surface area contributed by atoms with Gasteiger partial charge in [-0.1, -0.05) is 81.7 Å². The van der Waals surface area contributed by atoms with Crippen LogP contribution in [0.1, 0.15) is 132 Å². The number of fused-ring (bicyclic) bond motifs is 2. The molecule has 0 radical (unpaired) electrons. The Bertz CT molecular complexity index is 3510. The van der Waals surface area contributed by atoms with Gasteiger partial charge < -0.3 is 89.9 Å². The second kappa shape index (κ2) is 42.9. The van der Waals surface area contributed by atoms with Crippen LogP contribution in [0.2, 0.25) is 0 Å². The van der Waals surface area contributed by atoms with E-state index in [0.29, 0.717) is 64.8 Å². The van der Waals surface area contributed by atoms with Gasteiger partial charge in [-0.15, -0.1) is 0 Å². The standard InChI is InChI=1S/C19H27NO8.C18H23NO9.2C15H18O6.C5H11NO.C4H7NO2/c1-4-12-15(17(22)23)11(16(21)20-7-6-8-26-5-2)9-13(27-12)14-10(3)18(24)28-19(14)25;1-4-10-13(16(23)24)9(14(20)19-6-7(2)15(21)22)5-11(27-10)12-8(3)17(25)28-18(12)26;2*1-3-10-13-7(8(16)5-9(13)17)4-11(20-10)12-6(2)14(18)21-15(12)19;1-2-7-5-3-4-6;1-3(2-5)4(6)7/h5,10-15H,2,4,6-9H2,1,3H3,(H,20,21)(H,22,23);8-13H,2,4-6H2,1,3H3,(H,19,20)(H,21,22)(H,23,24);2*6-7,10-13H,3-5H2,1-2H3;2H,1,3-6H2;1-2,5H2,(H,6,7). The molecule has 10 fully saturated rings. The predicted octanol–water partition coefficient (Wildman–Crippen LogP) is 2.25. The first-order valence-corrected chi connectivity index (χ1v) is 37.3. The lowest BCUT2D eigenvalue weighted by Crippen LogP contribution is -2.53. The van der Waals surface area contributed by atoms with E-state index in [2.05, 4.69) is 55.9 Å². The number of ketones is 4. The monoisotopic (exact) mass is 1580 g/mol. The van der Waals surface area contributed by atoms with Crippen LogP contribution in [0.4, 0.5) is 0 Å². The fourth-order valence-electron chi connectivity index (χ4n) is 15.6. The maximum Gasteiger partial charge on any atom is 0.332 e. The number of ether oxygens (including phenoxy) is 10. The van der Waals surface area contributed by atoms with Gasteiger partial charge >= 0.3 is 71.6 Å². The van der Waals surface area contributed by atoms with Crippen LogP contribution in [0.5, 0.6) is 0 Å². The number of rotatable bonds is 26. The molecule has 36 nitrogen and oxygen atoms in total. The summed E-state index contributed by atoms with van der Waals surface area (Å²) < 4.78 is 51.9. The molecule has 24 atom stereocenters. The number of carboxylic acid groups (broad SMARTS) is 4. The van der Waals surface area contributed by atoms with Crippen LogP contribution in [-0.2, 0) is 134 Å². The van der Waals surface area contributed by atoms with Gasteiger partial charge in [-0.05, 0) is 70.8 Å². The molecule has 0 spiro atoms. The normalized spacial score (nSPS) is 33.4. The Hall–Kier alpha value is -9.62.